The third-order valence-corrected chi connectivity index (χ3v) is 2.73. The van der Waals surface area contributed by atoms with E-state index in [1.54, 1.807) is 19.1 Å². The first-order valence-corrected chi connectivity index (χ1v) is 6.02. The Hall–Kier alpha value is -0.500. The van der Waals surface area contributed by atoms with Crippen molar-refractivity contribution in [2.45, 2.75) is 13.8 Å². The van der Waals surface area contributed by atoms with E-state index in [4.69, 9.17) is 34.8 Å². The molecule has 86 valence electrons. The van der Waals surface area contributed by atoms with Gasteiger partial charge in [-0.25, -0.2) is 0 Å². The summed E-state index contributed by atoms with van der Waals surface area (Å²) in [6.07, 6.45) is 0. The average Bonchev–Trinajstić information content (AvgIpc) is 2.21. The highest BCUT2D eigenvalue weighted by molar-refractivity contribution is 6.77. The fourth-order valence-corrected chi connectivity index (χ4v) is 2.04. The number of hydrogen-bond acceptors (Lipinski definition) is 1. The number of hydrogen-bond donors (Lipinski definition) is 0. The van der Waals surface area contributed by atoms with Gasteiger partial charge < -0.3 is 0 Å². The summed E-state index contributed by atoms with van der Waals surface area (Å²) in [4.78, 5) is 4.15. The fraction of sp³-hybridized carbons (Fsp3) is 0.250. The van der Waals surface area contributed by atoms with E-state index in [2.05, 4.69) is 4.99 Å². The van der Waals surface area contributed by atoms with Crippen LogP contribution >= 0.6 is 34.8 Å². The Morgan fingerprint density at radius 1 is 1.19 bits per heavy atom. The highest BCUT2D eigenvalue weighted by Gasteiger charge is 2.10. The van der Waals surface area contributed by atoms with Crippen LogP contribution in [0, 0.1) is 0 Å². The summed E-state index contributed by atoms with van der Waals surface area (Å²) in [5.74, 6) is 0. The molecule has 1 rings (SSSR count). The SMILES string of the molecule is CCN=C(Cl)/C(=C(\C)Cl)c1ccc(Cl)cc1. The Morgan fingerprint density at radius 2 is 1.75 bits per heavy atom. The lowest BCUT2D eigenvalue weighted by Gasteiger charge is -2.07. The molecule has 1 aromatic carbocycles. The standard InChI is InChI=1S/C12H12Cl3N/c1-3-16-12(15)11(8(2)13)9-4-6-10(14)7-5-9/h4-7H,3H2,1-2H3/b11-8+,16-12?. The van der Waals surface area contributed by atoms with Crippen LogP contribution in [-0.4, -0.2) is 11.7 Å². The maximum atomic E-state index is 6.09. The van der Waals surface area contributed by atoms with Crippen LogP contribution in [0.15, 0.2) is 34.3 Å². The van der Waals surface area contributed by atoms with Gasteiger partial charge in [-0.05, 0) is 31.5 Å². The van der Waals surface area contributed by atoms with Crippen LogP contribution in [0.2, 0.25) is 5.02 Å². The minimum Gasteiger partial charge on any atom is -0.273 e. The second-order valence-electron chi connectivity index (χ2n) is 3.18. The van der Waals surface area contributed by atoms with Crippen LogP contribution in [-0.2, 0) is 0 Å². The van der Waals surface area contributed by atoms with E-state index in [1.807, 2.05) is 19.1 Å². The van der Waals surface area contributed by atoms with E-state index >= 15 is 0 Å². The minimum absolute atomic E-state index is 0.428. The summed E-state index contributed by atoms with van der Waals surface area (Å²) in [5, 5.41) is 1.72. The van der Waals surface area contributed by atoms with Crippen molar-refractivity contribution in [1.29, 1.82) is 0 Å². The molecule has 0 aliphatic rings. The first kappa shape index (κ1) is 13.6. The molecule has 0 N–H and O–H groups in total. The highest BCUT2D eigenvalue weighted by Crippen LogP contribution is 2.25. The number of rotatable bonds is 3. The number of aliphatic imine (C=N–C) groups is 1. The van der Waals surface area contributed by atoms with E-state index in [-0.39, 0.29) is 0 Å². The predicted molar refractivity (Wildman–Crippen MR) is 73.7 cm³/mol. The summed E-state index contributed by atoms with van der Waals surface area (Å²) < 4.78 is 0. The Bertz CT molecular complexity index is 414. The lowest BCUT2D eigenvalue weighted by atomic mass is 10.1. The molecule has 0 unspecified atom stereocenters. The number of benzene rings is 1. The molecule has 0 aliphatic carbocycles. The van der Waals surface area contributed by atoms with Crippen LogP contribution in [0.3, 0.4) is 0 Å². The lowest BCUT2D eigenvalue weighted by molar-refractivity contribution is 1.14. The Kier molecular flexibility index (Phi) is 5.33. The molecule has 0 radical (unpaired) electrons. The number of halogens is 3. The molecule has 0 spiro atoms. The van der Waals surface area contributed by atoms with Gasteiger partial charge >= 0.3 is 0 Å². The summed E-state index contributed by atoms with van der Waals surface area (Å²) in [5.41, 5.74) is 1.67. The molecule has 4 heteroatoms. The van der Waals surface area contributed by atoms with Crippen molar-refractivity contribution in [3.8, 4) is 0 Å². The largest absolute Gasteiger partial charge is 0.273 e. The van der Waals surface area contributed by atoms with Crippen molar-refractivity contribution >= 4 is 45.5 Å². The molecule has 0 fully saturated rings. The molecule has 0 heterocycles. The normalized spacial score (nSPS) is 13.7. The lowest BCUT2D eigenvalue weighted by Crippen LogP contribution is -1.96. The molecule has 1 nitrogen and oxygen atoms in total. The molecule has 0 saturated carbocycles. The molecule has 0 bridgehead atoms. The molecule has 16 heavy (non-hydrogen) atoms. The molecule has 0 saturated heterocycles. The van der Waals surface area contributed by atoms with Gasteiger partial charge in [0, 0.05) is 22.2 Å². The van der Waals surface area contributed by atoms with E-state index in [0.717, 1.165) is 11.1 Å². The van der Waals surface area contributed by atoms with E-state index in [1.165, 1.54) is 0 Å². The van der Waals surface area contributed by atoms with Crippen LogP contribution in [0.25, 0.3) is 5.57 Å². The second-order valence-corrected chi connectivity index (χ2v) is 4.54. The maximum absolute atomic E-state index is 6.09. The number of allylic oxidation sites excluding steroid dienone is 2. The quantitative estimate of drug-likeness (QED) is 0.691. The highest BCUT2D eigenvalue weighted by atomic mass is 35.5. The summed E-state index contributed by atoms with van der Waals surface area (Å²) in [6.45, 7) is 4.34. The zero-order valence-electron chi connectivity index (χ0n) is 9.10. The van der Waals surface area contributed by atoms with Crippen LogP contribution < -0.4 is 0 Å². The summed E-state index contributed by atoms with van der Waals surface area (Å²) in [6, 6.07) is 7.34. The van der Waals surface area contributed by atoms with E-state index in [0.29, 0.717) is 21.8 Å². The zero-order chi connectivity index (χ0) is 12.1. The zero-order valence-corrected chi connectivity index (χ0v) is 11.4. The van der Waals surface area contributed by atoms with E-state index in [9.17, 15) is 0 Å². The first-order chi connectivity index (χ1) is 7.56. The van der Waals surface area contributed by atoms with Crippen LogP contribution in [0.1, 0.15) is 19.4 Å². The Labute approximate surface area is 111 Å². The number of nitrogens with zero attached hydrogens (tertiary/aromatic N) is 1. The topological polar surface area (TPSA) is 12.4 Å². The molecule has 0 aliphatic heterocycles. The van der Waals surface area contributed by atoms with Gasteiger partial charge in [-0.3, -0.25) is 4.99 Å². The van der Waals surface area contributed by atoms with Crippen LogP contribution in [0.5, 0.6) is 0 Å². The molecule has 1 aromatic rings. The Morgan fingerprint density at radius 3 is 2.19 bits per heavy atom. The van der Waals surface area contributed by atoms with Gasteiger partial charge in [0.25, 0.3) is 0 Å². The molecule has 0 amide bonds. The van der Waals surface area contributed by atoms with Gasteiger partial charge in [-0.1, -0.05) is 46.9 Å². The van der Waals surface area contributed by atoms with Gasteiger partial charge in [-0.15, -0.1) is 0 Å². The molecule has 0 atom stereocenters. The third kappa shape index (κ3) is 3.51. The van der Waals surface area contributed by atoms with Crippen molar-refractivity contribution in [2.24, 2.45) is 4.99 Å². The maximum Gasteiger partial charge on any atom is 0.132 e. The van der Waals surface area contributed by atoms with E-state index < -0.39 is 0 Å². The Balaban J connectivity index is 3.20. The average molecular weight is 277 g/mol. The first-order valence-electron chi connectivity index (χ1n) is 4.89. The van der Waals surface area contributed by atoms with Crippen molar-refractivity contribution < 1.29 is 0 Å². The van der Waals surface area contributed by atoms with Crippen molar-refractivity contribution in [2.75, 3.05) is 6.54 Å². The van der Waals surface area contributed by atoms with Gasteiger partial charge in [0.1, 0.15) is 5.17 Å². The van der Waals surface area contributed by atoms with Crippen molar-refractivity contribution in [3.05, 3.63) is 39.9 Å². The van der Waals surface area contributed by atoms with Gasteiger partial charge in [0.05, 0.1) is 0 Å². The van der Waals surface area contributed by atoms with Gasteiger partial charge in [-0.2, -0.15) is 0 Å². The van der Waals surface area contributed by atoms with Crippen LogP contribution in [0.4, 0.5) is 0 Å². The van der Waals surface area contributed by atoms with Crippen molar-refractivity contribution in [1.82, 2.24) is 0 Å². The second kappa shape index (κ2) is 6.29. The molecular formula is C12H12Cl3N. The summed E-state index contributed by atoms with van der Waals surface area (Å²) >= 11 is 17.9. The smallest absolute Gasteiger partial charge is 0.132 e. The molecule has 0 aromatic heterocycles. The monoisotopic (exact) mass is 275 g/mol. The fourth-order valence-electron chi connectivity index (χ4n) is 1.29. The van der Waals surface area contributed by atoms with Crippen molar-refractivity contribution in [3.63, 3.8) is 0 Å². The predicted octanol–water partition coefficient (Wildman–Crippen LogP) is 4.97. The third-order valence-electron chi connectivity index (χ3n) is 1.98. The minimum atomic E-state index is 0.428. The summed E-state index contributed by atoms with van der Waals surface area (Å²) in [7, 11) is 0. The van der Waals surface area contributed by atoms with Gasteiger partial charge in [0.15, 0.2) is 0 Å². The van der Waals surface area contributed by atoms with Gasteiger partial charge in [0.2, 0.25) is 0 Å². The molecular weight excluding hydrogens is 264 g/mol.